The molecule has 0 saturated carbocycles. The fourth-order valence-electron chi connectivity index (χ4n) is 1.38. The lowest BCUT2D eigenvalue weighted by Crippen LogP contribution is -2.34. The van der Waals surface area contributed by atoms with E-state index in [2.05, 4.69) is 15.6 Å². The second kappa shape index (κ2) is 6.26. The first-order valence-corrected chi connectivity index (χ1v) is 6.23. The van der Waals surface area contributed by atoms with Crippen LogP contribution >= 0.6 is 23.8 Å². The van der Waals surface area contributed by atoms with Crippen molar-refractivity contribution in [1.82, 2.24) is 10.3 Å². The lowest BCUT2D eigenvalue weighted by atomic mass is 10.2. The molecule has 1 amide bonds. The van der Waals surface area contributed by atoms with Gasteiger partial charge in [0.25, 0.3) is 5.91 Å². The van der Waals surface area contributed by atoms with Gasteiger partial charge in [-0.3, -0.25) is 10.1 Å². The number of rotatable bonds is 2. The van der Waals surface area contributed by atoms with Crippen LogP contribution < -0.4 is 10.6 Å². The van der Waals surface area contributed by atoms with Crippen LogP contribution in [0.2, 0.25) is 5.15 Å². The first-order valence-electron chi connectivity index (χ1n) is 5.44. The molecule has 2 rings (SSSR count). The first-order chi connectivity index (χ1) is 9.15. The minimum Gasteiger partial charge on any atom is -0.331 e. The number of amides is 1. The van der Waals surface area contributed by atoms with Crippen molar-refractivity contribution in [2.24, 2.45) is 0 Å². The molecule has 1 heterocycles. The molecule has 0 fully saturated rings. The van der Waals surface area contributed by atoms with Gasteiger partial charge in [-0.05, 0) is 36.5 Å². The smallest absolute Gasteiger partial charge is 0.257 e. The van der Waals surface area contributed by atoms with Crippen molar-refractivity contribution in [3.05, 3.63) is 59.4 Å². The number of anilines is 1. The van der Waals surface area contributed by atoms with Gasteiger partial charge in [0.1, 0.15) is 5.15 Å². The molecule has 19 heavy (non-hydrogen) atoms. The molecule has 1 aromatic carbocycles. The number of thiocarbonyl (C=S) groups is 1. The summed E-state index contributed by atoms with van der Waals surface area (Å²) in [7, 11) is 0. The molecule has 0 radical (unpaired) electrons. The third-order valence-corrected chi connectivity index (χ3v) is 2.68. The Morgan fingerprint density at radius 2 is 1.89 bits per heavy atom. The van der Waals surface area contributed by atoms with Crippen LogP contribution in [-0.4, -0.2) is 16.0 Å². The largest absolute Gasteiger partial charge is 0.331 e. The molecule has 0 atom stereocenters. The summed E-state index contributed by atoms with van der Waals surface area (Å²) in [4.78, 5) is 15.7. The molecule has 2 aromatic rings. The molecule has 0 aliphatic heterocycles. The standard InChI is InChI=1S/C13H10ClN3OS/c14-11-7-6-10(8-15-11)16-13(19)17-12(18)9-4-2-1-3-5-9/h1-8H,(H2,16,17,18,19). The second-order valence-electron chi connectivity index (χ2n) is 3.64. The summed E-state index contributed by atoms with van der Waals surface area (Å²) in [6.07, 6.45) is 1.53. The van der Waals surface area contributed by atoms with Gasteiger partial charge in [0, 0.05) is 5.56 Å². The maximum atomic E-state index is 11.8. The van der Waals surface area contributed by atoms with E-state index in [9.17, 15) is 4.79 Å². The van der Waals surface area contributed by atoms with E-state index in [4.69, 9.17) is 23.8 Å². The lowest BCUT2D eigenvalue weighted by molar-refractivity contribution is 0.0978. The van der Waals surface area contributed by atoms with Crippen molar-refractivity contribution in [1.29, 1.82) is 0 Å². The van der Waals surface area contributed by atoms with Gasteiger partial charge < -0.3 is 5.32 Å². The summed E-state index contributed by atoms with van der Waals surface area (Å²) < 4.78 is 0. The average molecular weight is 292 g/mol. The summed E-state index contributed by atoms with van der Waals surface area (Å²) in [5, 5.41) is 6.03. The molecule has 0 aliphatic rings. The van der Waals surface area contributed by atoms with Crippen LogP contribution in [0.25, 0.3) is 0 Å². The Morgan fingerprint density at radius 3 is 2.53 bits per heavy atom. The van der Waals surface area contributed by atoms with Crippen LogP contribution in [0.15, 0.2) is 48.7 Å². The van der Waals surface area contributed by atoms with E-state index in [-0.39, 0.29) is 11.0 Å². The minimum absolute atomic E-state index is 0.206. The van der Waals surface area contributed by atoms with E-state index in [1.165, 1.54) is 6.20 Å². The van der Waals surface area contributed by atoms with Gasteiger partial charge in [0.15, 0.2) is 5.11 Å². The molecule has 0 bridgehead atoms. The molecular formula is C13H10ClN3OS. The number of carbonyl (C=O) groups is 1. The van der Waals surface area contributed by atoms with Crippen LogP contribution in [-0.2, 0) is 0 Å². The normalized spacial score (nSPS) is 9.74. The molecule has 0 spiro atoms. The monoisotopic (exact) mass is 291 g/mol. The van der Waals surface area contributed by atoms with Crippen molar-refractivity contribution < 1.29 is 4.79 Å². The molecule has 0 aliphatic carbocycles. The second-order valence-corrected chi connectivity index (χ2v) is 4.44. The fourth-order valence-corrected chi connectivity index (χ4v) is 1.70. The zero-order valence-corrected chi connectivity index (χ0v) is 11.3. The molecule has 0 unspecified atom stereocenters. The summed E-state index contributed by atoms with van der Waals surface area (Å²) >= 11 is 10.7. The van der Waals surface area contributed by atoms with Crippen LogP contribution in [0.1, 0.15) is 10.4 Å². The van der Waals surface area contributed by atoms with Crippen LogP contribution in [0, 0.1) is 0 Å². The molecule has 0 saturated heterocycles. The highest BCUT2D eigenvalue weighted by Crippen LogP contribution is 2.09. The summed E-state index contributed by atoms with van der Waals surface area (Å²) in [5.41, 5.74) is 1.20. The van der Waals surface area contributed by atoms with Gasteiger partial charge in [-0.25, -0.2) is 4.98 Å². The predicted octanol–water partition coefficient (Wildman–Crippen LogP) is 2.86. The highest BCUT2D eigenvalue weighted by molar-refractivity contribution is 7.80. The maximum absolute atomic E-state index is 11.8. The van der Waals surface area contributed by atoms with Gasteiger partial charge in [-0.2, -0.15) is 0 Å². The third-order valence-electron chi connectivity index (χ3n) is 2.25. The molecular weight excluding hydrogens is 282 g/mol. The van der Waals surface area contributed by atoms with Crippen molar-refractivity contribution in [2.45, 2.75) is 0 Å². The Bertz CT molecular complexity index is 587. The zero-order chi connectivity index (χ0) is 13.7. The highest BCUT2D eigenvalue weighted by atomic mass is 35.5. The predicted molar refractivity (Wildman–Crippen MR) is 79.4 cm³/mol. The lowest BCUT2D eigenvalue weighted by Gasteiger charge is -2.09. The highest BCUT2D eigenvalue weighted by Gasteiger charge is 2.07. The first kappa shape index (κ1) is 13.5. The summed E-state index contributed by atoms with van der Waals surface area (Å²) in [6.45, 7) is 0. The molecule has 96 valence electrons. The number of hydrogen-bond donors (Lipinski definition) is 2. The van der Waals surface area contributed by atoms with Gasteiger partial charge in [-0.15, -0.1) is 0 Å². The van der Waals surface area contributed by atoms with E-state index in [0.717, 1.165) is 0 Å². The molecule has 2 N–H and O–H groups in total. The SMILES string of the molecule is O=C(NC(=S)Nc1ccc(Cl)nc1)c1ccccc1. The number of benzene rings is 1. The van der Waals surface area contributed by atoms with Gasteiger partial charge in [0.05, 0.1) is 11.9 Å². The molecule has 4 nitrogen and oxygen atoms in total. The van der Waals surface area contributed by atoms with Crippen molar-refractivity contribution in [3.63, 3.8) is 0 Å². The van der Waals surface area contributed by atoms with E-state index in [1.54, 1.807) is 36.4 Å². The fraction of sp³-hybridized carbons (Fsp3) is 0. The van der Waals surface area contributed by atoms with Gasteiger partial charge >= 0.3 is 0 Å². The van der Waals surface area contributed by atoms with Crippen LogP contribution in [0.4, 0.5) is 5.69 Å². The van der Waals surface area contributed by atoms with Crippen LogP contribution in [0.5, 0.6) is 0 Å². The molecule has 6 heteroatoms. The van der Waals surface area contributed by atoms with Crippen molar-refractivity contribution in [2.75, 3.05) is 5.32 Å². The number of halogens is 1. The van der Waals surface area contributed by atoms with E-state index < -0.39 is 0 Å². The van der Waals surface area contributed by atoms with E-state index >= 15 is 0 Å². The van der Waals surface area contributed by atoms with E-state index in [0.29, 0.717) is 16.4 Å². The Morgan fingerprint density at radius 1 is 1.16 bits per heavy atom. The van der Waals surface area contributed by atoms with Crippen molar-refractivity contribution >= 4 is 40.5 Å². The Kier molecular flexibility index (Phi) is 4.43. The van der Waals surface area contributed by atoms with Crippen molar-refractivity contribution in [3.8, 4) is 0 Å². The van der Waals surface area contributed by atoms with Gasteiger partial charge in [-0.1, -0.05) is 29.8 Å². The quantitative estimate of drug-likeness (QED) is 0.660. The Labute approximate surface area is 120 Å². The third kappa shape index (κ3) is 4.01. The Hall–Kier alpha value is -1.98. The number of nitrogens with zero attached hydrogens (tertiary/aromatic N) is 1. The summed E-state index contributed by atoms with van der Waals surface area (Å²) in [5.74, 6) is -0.264. The number of carbonyl (C=O) groups excluding carboxylic acids is 1. The average Bonchev–Trinajstić information content (AvgIpc) is 2.42. The Balaban J connectivity index is 1.95. The number of nitrogens with one attached hydrogen (secondary N) is 2. The minimum atomic E-state index is -0.264. The number of aromatic nitrogens is 1. The van der Waals surface area contributed by atoms with E-state index in [1.807, 2.05) is 6.07 Å². The summed E-state index contributed by atoms with van der Waals surface area (Å²) in [6, 6.07) is 12.2. The zero-order valence-electron chi connectivity index (χ0n) is 9.76. The maximum Gasteiger partial charge on any atom is 0.257 e. The number of pyridine rings is 1. The van der Waals surface area contributed by atoms with Gasteiger partial charge in [0.2, 0.25) is 0 Å². The number of hydrogen-bond acceptors (Lipinski definition) is 3. The van der Waals surface area contributed by atoms with Crippen LogP contribution in [0.3, 0.4) is 0 Å². The molecule has 1 aromatic heterocycles. The topological polar surface area (TPSA) is 54.0 Å².